The van der Waals surface area contributed by atoms with Crippen LogP contribution in [0.25, 0.3) is 11.3 Å². The van der Waals surface area contributed by atoms with Crippen molar-refractivity contribution >= 4 is 17.6 Å². The van der Waals surface area contributed by atoms with E-state index < -0.39 is 0 Å². The lowest BCUT2D eigenvalue weighted by Crippen LogP contribution is -2.32. The molecule has 2 heterocycles. The summed E-state index contributed by atoms with van der Waals surface area (Å²) in [4.78, 5) is 37.3. The Morgan fingerprint density at radius 2 is 1.73 bits per heavy atom. The second kappa shape index (κ2) is 7.99. The molecule has 1 N–H and O–H groups in total. The van der Waals surface area contributed by atoms with E-state index in [1.807, 2.05) is 4.90 Å². The maximum absolute atomic E-state index is 12.2. The van der Waals surface area contributed by atoms with Crippen LogP contribution in [0.2, 0.25) is 0 Å². The highest BCUT2D eigenvalue weighted by Crippen LogP contribution is 2.22. The van der Waals surface area contributed by atoms with Crippen molar-refractivity contribution in [2.45, 2.75) is 26.2 Å². The molecule has 26 heavy (non-hydrogen) atoms. The number of Topliss-reactive ketones (excluding diaryl/α,β-unsaturated/α-hetero) is 1. The summed E-state index contributed by atoms with van der Waals surface area (Å²) >= 11 is 0. The van der Waals surface area contributed by atoms with Gasteiger partial charge in [0.25, 0.3) is 5.91 Å². The van der Waals surface area contributed by atoms with Crippen LogP contribution in [-0.2, 0) is 4.79 Å². The molecule has 1 saturated heterocycles. The summed E-state index contributed by atoms with van der Waals surface area (Å²) in [5.41, 5.74) is 1.42. The van der Waals surface area contributed by atoms with Crippen LogP contribution in [0.4, 0.5) is 0 Å². The standard InChI is InChI=1S/C20H22N2O4/c1-14(23)15-4-6-16(7-5-15)17-8-9-18(26-17)20(25)21-11-10-19(24)22-12-2-3-13-22/h4-9H,2-3,10-13H2,1H3,(H,21,25). The van der Waals surface area contributed by atoms with Gasteiger partial charge in [-0.25, -0.2) is 0 Å². The number of carbonyl (C=O) groups is 3. The summed E-state index contributed by atoms with van der Waals surface area (Å²) in [6.45, 7) is 3.43. The normalized spacial score (nSPS) is 13.7. The van der Waals surface area contributed by atoms with Gasteiger partial charge in [-0.15, -0.1) is 0 Å². The second-order valence-electron chi connectivity index (χ2n) is 6.39. The lowest BCUT2D eigenvalue weighted by atomic mass is 10.1. The highest BCUT2D eigenvalue weighted by Gasteiger charge is 2.18. The van der Waals surface area contributed by atoms with Crippen LogP contribution in [0.15, 0.2) is 40.8 Å². The van der Waals surface area contributed by atoms with E-state index >= 15 is 0 Å². The summed E-state index contributed by atoms with van der Waals surface area (Å²) in [5.74, 6) is 0.488. The smallest absolute Gasteiger partial charge is 0.287 e. The molecule has 136 valence electrons. The third-order valence-corrected chi connectivity index (χ3v) is 4.49. The lowest BCUT2D eigenvalue weighted by molar-refractivity contribution is -0.129. The molecule has 0 radical (unpaired) electrons. The van der Waals surface area contributed by atoms with Crippen molar-refractivity contribution in [3.8, 4) is 11.3 Å². The number of carbonyl (C=O) groups excluding carboxylic acids is 3. The van der Waals surface area contributed by atoms with E-state index in [0.717, 1.165) is 31.5 Å². The van der Waals surface area contributed by atoms with Crippen molar-refractivity contribution in [1.82, 2.24) is 10.2 Å². The quantitative estimate of drug-likeness (QED) is 0.809. The largest absolute Gasteiger partial charge is 0.451 e. The molecule has 0 aliphatic carbocycles. The zero-order valence-electron chi connectivity index (χ0n) is 14.8. The fraction of sp³-hybridized carbons (Fsp3) is 0.350. The predicted molar refractivity (Wildman–Crippen MR) is 96.9 cm³/mol. The number of nitrogens with one attached hydrogen (secondary N) is 1. The fourth-order valence-electron chi connectivity index (χ4n) is 2.98. The molecule has 0 saturated carbocycles. The van der Waals surface area contributed by atoms with Crippen molar-refractivity contribution in [3.05, 3.63) is 47.7 Å². The average Bonchev–Trinajstić information content (AvgIpc) is 3.33. The molecule has 1 aromatic carbocycles. The van der Waals surface area contributed by atoms with Gasteiger partial charge >= 0.3 is 0 Å². The zero-order chi connectivity index (χ0) is 18.5. The maximum atomic E-state index is 12.2. The highest BCUT2D eigenvalue weighted by molar-refractivity contribution is 5.94. The van der Waals surface area contributed by atoms with Crippen molar-refractivity contribution < 1.29 is 18.8 Å². The third kappa shape index (κ3) is 4.20. The Morgan fingerprint density at radius 1 is 1.04 bits per heavy atom. The zero-order valence-corrected chi connectivity index (χ0v) is 14.8. The minimum absolute atomic E-state index is 0.000427. The molecule has 1 aromatic heterocycles. The minimum Gasteiger partial charge on any atom is -0.451 e. The molecule has 2 aromatic rings. The van der Waals surface area contributed by atoms with Crippen LogP contribution in [0.3, 0.4) is 0 Å². The SMILES string of the molecule is CC(=O)c1ccc(-c2ccc(C(=O)NCCC(=O)N3CCCC3)o2)cc1. The van der Waals surface area contributed by atoms with E-state index in [1.54, 1.807) is 36.4 Å². The van der Waals surface area contributed by atoms with Crippen LogP contribution in [0.1, 0.15) is 47.1 Å². The number of furan rings is 1. The number of hydrogen-bond acceptors (Lipinski definition) is 4. The van der Waals surface area contributed by atoms with E-state index in [1.165, 1.54) is 6.92 Å². The molecule has 0 atom stereocenters. The van der Waals surface area contributed by atoms with Crippen LogP contribution in [-0.4, -0.2) is 42.1 Å². The first-order valence-electron chi connectivity index (χ1n) is 8.82. The Bertz CT molecular complexity index is 801. The van der Waals surface area contributed by atoms with Crippen LogP contribution in [0, 0.1) is 0 Å². The summed E-state index contributed by atoms with van der Waals surface area (Å²) in [6, 6.07) is 10.3. The topological polar surface area (TPSA) is 79.6 Å². The molecule has 1 fully saturated rings. The minimum atomic E-state index is -0.342. The van der Waals surface area contributed by atoms with Gasteiger partial charge in [0.1, 0.15) is 5.76 Å². The molecule has 0 bridgehead atoms. The maximum Gasteiger partial charge on any atom is 0.287 e. The van der Waals surface area contributed by atoms with Crippen molar-refractivity contribution in [3.63, 3.8) is 0 Å². The van der Waals surface area contributed by atoms with E-state index in [-0.39, 0.29) is 29.9 Å². The monoisotopic (exact) mass is 354 g/mol. The summed E-state index contributed by atoms with van der Waals surface area (Å²) in [6.07, 6.45) is 2.41. The van der Waals surface area contributed by atoms with Crippen molar-refractivity contribution in [1.29, 1.82) is 0 Å². The number of ketones is 1. The first kappa shape index (κ1) is 17.9. The number of benzene rings is 1. The lowest BCUT2D eigenvalue weighted by Gasteiger charge is -2.14. The van der Waals surface area contributed by atoms with Gasteiger partial charge in [0, 0.05) is 37.2 Å². The van der Waals surface area contributed by atoms with Crippen molar-refractivity contribution in [2.24, 2.45) is 0 Å². The van der Waals surface area contributed by atoms with Gasteiger partial charge in [-0.2, -0.15) is 0 Å². The molecule has 0 spiro atoms. The Kier molecular flexibility index (Phi) is 5.51. The molecule has 6 heteroatoms. The molecule has 3 rings (SSSR count). The summed E-state index contributed by atoms with van der Waals surface area (Å²) in [5, 5.41) is 2.72. The van der Waals surface area contributed by atoms with Gasteiger partial charge in [0.2, 0.25) is 5.91 Å². The van der Waals surface area contributed by atoms with Gasteiger partial charge in [-0.1, -0.05) is 24.3 Å². The van der Waals surface area contributed by atoms with Crippen LogP contribution < -0.4 is 5.32 Å². The molecule has 1 aliphatic rings. The first-order valence-corrected chi connectivity index (χ1v) is 8.82. The average molecular weight is 354 g/mol. The van der Waals surface area contributed by atoms with E-state index in [0.29, 0.717) is 17.7 Å². The molecular weight excluding hydrogens is 332 g/mol. The molecule has 1 aliphatic heterocycles. The van der Waals surface area contributed by atoms with Gasteiger partial charge in [-0.3, -0.25) is 14.4 Å². The molecular formula is C20H22N2O4. The number of nitrogens with zero attached hydrogens (tertiary/aromatic N) is 1. The molecule has 0 unspecified atom stereocenters. The summed E-state index contributed by atoms with van der Waals surface area (Å²) < 4.78 is 5.60. The van der Waals surface area contributed by atoms with Gasteiger partial charge in [-0.05, 0) is 31.9 Å². The Hall–Kier alpha value is -2.89. The highest BCUT2D eigenvalue weighted by atomic mass is 16.3. The number of likely N-dealkylation sites (tertiary alicyclic amines) is 1. The second-order valence-corrected chi connectivity index (χ2v) is 6.39. The van der Waals surface area contributed by atoms with Crippen LogP contribution >= 0.6 is 0 Å². The Morgan fingerprint density at radius 3 is 2.38 bits per heavy atom. The fourth-order valence-corrected chi connectivity index (χ4v) is 2.98. The van der Waals surface area contributed by atoms with Gasteiger partial charge < -0.3 is 14.6 Å². The van der Waals surface area contributed by atoms with E-state index in [9.17, 15) is 14.4 Å². The number of amides is 2. The van der Waals surface area contributed by atoms with Gasteiger partial charge in [0.05, 0.1) is 0 Å². The molecule has 2 amide bonds. The Labute approximate surface area is 152 Å². The summed E-state index contributed by atoms with van der Waals surface area (Å²) in [7, 11) is 0. The molecule has 6 nitrogen and oxygen atoms in total. The number of hydrogen-bond donors (Lipinski definition) is 1. The van der Waals surface area contributed by atoms with Crippen molar-refractivity contribution in [2.75, 3.05) is 19.6 Å². The predicted octanol–water partition coefficient (Wildman–Crippen LogP) is 2.89. The number of rotatable bonds is 6. The van der Waals surface area contributed by atoms with Gasteiger partial charge in [0.15, 0.2) is 11.5 Å². The van der Waals surface area contributed by atoms with E-state index in [4.69, 9.17) is 4.42 Å². The third-order valence-electron chi connectivity index (χ3n) is 4.49. The first-order chi connectivity index (χ1) is 12.5. The van der Waals surface area contributed by atoms with Crippen LogP contribution in [0.5, 0.6) is 0 Å². The van der Waals surface area contributed by atoms with E-state index in [2.05, 4.69) is 5.32 Å². The Balaban J connectivity index is 1.54.